The van der Waals surface area contributed by atoms with Gasteiger partial charge in [0.25, 0.3) is 0 Å². The first-order valence-electron chi connectivity index (χ1n) is 9.65. The second kappa shape index (κ2) is 9.13. The molecule has 3 rings (SSSR count). The lowest BCUT2D eigenvalue weighted by atomic mass is 9.99. The number of nitrogens with zero attached hydrogens (tertiary/aromatic N) is 2. The van der Waals surface area contributed by atoms with Gasteiger partial charge in [-0.05, 0) is 63.3 Å². The Morgan fingerprint density at radius 1 is 1.18 bits per heavy atom. The smallest absolute Gasteiger partial charge is 0.241 e. The number of benzene rings is 1. The van der Waals surface area contributed by atoms with Gasteiger partial charge in [-0.25, -0.2) is 0 Å². The average molecular weight is 423 g/mol. The second-order valence-corrected chi connectivity index (χ2v) is 8.36. The maximum absolute atomic E-state index is 12.8. The standard InChI is InChI=1S/C20H24Cl2N4O2/c21-15-7-6-14(11-16(15)22)24-19(28)17-5-1-4-10-26(17)12-18(27)25-20(13-23)8-2-3-9-20/h6-7,11,17H,1-5,8-10,12H2,(H,24,28)(H,25,27)/t17-/m1/s1. The van der Waals surface area contributed by atoms with Gasteiger partial charge in [0.2, 0.25) is 11.8 Å². The fourth-order valence-corrected chi connectivity index (χ4v) is 4.31. The summed E-state index contributed by atoms with van der Waals surface area (Å²) >= 11 is 11.9. The molecule has 1 aromatic rings. The monoisotopic (exact) mass is 422 g/mol. The van der Waals surface area contributed by atoms with E-state index < -0.39 is 11.6 Å². The maximum atomic E-state index is 12.8. The molecule has 1 atom stereocenters. The number of amides is 2. The molecule has 0 aromatic heterocycles. The zero-order chi connectivity index (χ0) is 20.1. The van der Waals surface area contributed by atoms with Gasteiger partial charge in [-0.15, -0.1) is 0 Å². The molecule has 1 aliphatic heterocycles. The first-order valence-corrected chi connectivity index (χ1v) is 10.4. The third-order valence-corrected chi connectivity index (χ3v) is 6.24. The number of nitriles is 1. The number of nitrogens with one attached hydrogen (secondary N) is 2. The van der Waals surface area contributed by atoms with Gasteiger partial charge in [-0.1, -0.05) is 29.6 Å². The van der Waals surface area contributed by atoms with Gasteiger partial charge in [0, 0.05) is 5.69 Å². The summed E-state index contributed by atoms with van der Waals surface area (Å²) in [6.07, 6.45) is 5.84. The van der Waals surface area contributed by atoms with Crippen LogP contribution in [0.15, 0.2) is 18.2 Å². The fourth-order valence-electron chi connectivity index (χ4n) is 4.01. The lowest BCUT2D eigenvalue weighted by Crippen LogP contribution is -2.54. The van der Waals surface area contributed by atoms with E-state index in [1.165, 1.54) is 0 Å². The summed E-state index contributed by atoms with van der Waals surface area (Å²) in [4.78, 5) is 27.3. The van der Waals surface area contributed by atoms with Crippen molar-refractivity contribution in [2.45, 2.75) is 56.5 Å². The van der Waals surface area contributed by atoms with Gasteiger partial charge < -0.3 is 10.6 Å². The molecule has 1 aromatic carbocycles. The first-order chi connectivity index (χ1) is 13.4. The maximum Gasteiger partial charge on any atom is 0.241 e. The van der Waals surface area contributed by atoms with Crippen molar-refractivity contribution in [3.8, 4) is 6.07 Å². The molecular formula is C20H24Cl2N4O2. The molecule has 0 unspecified atom stereocenters. The number of piperidine rings is 1. The van der Waals surface area contributed by atoms with Crippen LogP contribution >= 0.6 is 23.2 Å². The van der Waals surface area contributed by atoms with E-state index in [-0.39, 0.29) is 18.4 Å². The summed E-state index contributed by atoms with van der Waals surface area (Å²) in [7, 11) is 0. The van der Waals surface area contributed by atoms with Gasteiger partial charge in [0.05, 0.1) is 28.7 Å². The van der Waals surface area contributed by atoms with Crippen molar-refractivity contribution in [2.75, 3.05) is 18.4 Å². The summed E-state index contributed by atoms with van der Waals surface area (Å²) in [5.41, 5.74) is -0.172. The van der Waals surface area contributed by atoms with E-state index in [0.29, 0.717) is 41.5 Å². The molecule has 6 nitrogen and oxygen atoms in total. The van der Waals surface area contributed by atoms with Gasteiger partial charge in [-0.3, -0.25) is 14.5 Å². The van der Waals surface area contributed by atoms with Crippen molar-refractivity contribution < 1.29 is 9.59 Å². The van der Waals surface area contributed by atoms with E-state index in [2.05, 4.69) is 16.7 Å². The molecule has 2 fully saturated rings. The Labute approximate surface area is 175 Å². The third-order valence-electron chi connectivity index (χ3n) is 5.50. The number of rotatable bonds is 5. The third kappa shape index (κ3) is 4.96. The Morgan fingerprint density at radius 3 is 2.61 bits per heavy atom. The van der Waals surface area contributed by atoms with E-state index in [0.717, 1.165) is 25.7 Å². The molecule has 0 spiro atoms. The molecule has 1 saturated heterocycles. The van der Waals surface area contributed by atoms with E-state index in [1.54, 1.807) is 18.2 Å². The molecule has 8 heteroatoms. The van der Waals surface area contributed by atoms with E-state index in [9.17, 15) is 14.9 Å². The first kappa shape index (κ1) is 20.9. The number of anilines is 1. The fraction of sp³-hybridized carbons (Fsp3) is 0.550. The molecule has 1 saturated carbocycles. The molecule has 2 amide bonds. The topological polar surface area (TPSA) is 85.2 Å². The minimum absolute atomic E-state index is 0.114. The van der Waals surface area contributed by atoms with Crippen molar-refractivity contribution in [1.29, 1.82) is 5.26 Å². The van der Waals surface area contributed by atoms with E-state index in [4.69, 9.17) is 23.2 Å². The second-order valence-electron chi connectivity index (χ2n) is 7.55. The highest BCUT2D eigenvalue weighted by Crippen LogP contribution is 2.29. The van der Waals surface area contributed by atoms with E-state index >= 15 is 0 Å². The number of halogens is 2. The van der Waals surface area contributed by atoms with Crippen LogP contribution in [0.3, 0.4) is 0 Å². The zero-order valence-electron chi connectivity index (χ0n) is 15.6. The highest BCUT2D eigenvalue weighted by Gasteiger charge is 2.37. The number of hydrogen-bond donors (Lipinski definition) is 2. The zero-order valence-corrected chi connectivity index (χ0v) is 17.2. The van der Waals surface area contributed by atoms with Crippen LogP contribution in [-0.4, -0.2) is 41.4 Å². The summed E-state index contributed by atoms with van der Waals surface area (Å²) in [5.74, 6) is -0.362. The highest BCUT2D eigenvalue weighted by molar-refractivity contribution is 6.42. The van der Waals surface area contributed by atoms with Crippen LogP contribution in [0.5, 0.6) is 0 Å². The van der Waals surface area contributed by atoms with Crippen molar-refractivity contribution in [2.24, 2.45) is 0 Å². The van der Waals surface area contributed by atoms with Gasteiger partial charge >= 0.3 is 0 Å². The van der Waals surface area contributed by atoms with Gasteiger partial charge in [0.15, 0.2) is 0 Å². The normalized spacial score (nSPS) is 21.7. The Bertz CT molecular complexity index is 787. The SMILES string of the molecule is N#CC1(NC(=O)CN2CCCC[C@@H]2C(=O)Nc2ccc(Cl)c(Cl)c2)CCCC1. The molecular weight excluding hydrogens is 399 g/mol. The van der Waals surface area contributed by atoms with Crippen molar-refractivity contribution >= 4 is 40.7 Å². The van der Waals surface area contributed by atoms with Crippen LogP contribution in [0.1, 0.15) is 44.9 Å². The molecule has 150 valence electrons. The lowest BCUT2D eigenvalue weighted by Gasteiger charge is -2.35. The largest absolute Gasteiger partial charge is 0.337 e. The summed E-state index contributed by atoms with van der Waals surface area (Å²) < 4.78 is 0. The minimum Gasteiger partial charge on any atom is -0.337 e. The van der Waals surface area contributed by atoms with Crippen LogP contribution in [-0.2, 0) is 9.59 Å². The molecule has 1 heterocycles. The Morgan fingerprint density at radius 2 is 1.93 bits per heavy atom. The van der Waals surface area contributed by atoms with E-state index in [1.807, 2.05) is 4.90 Å². The van der Waals surface area contributed by atoms with Gasteiger partial charge in [0.1, 0.15) is 5.54 Å². The molecule has 2 N–H and O–H groups in total. The molecule has 1 aliphatic carbocycles. The summed E-state index contributed by atoms with van der Waals surface area (Å²) in [6.45, 7) is 0.787. The summed E-state index contributed by atoms with van der Waals surface area (Å²) in [6, 6.07) is 6.82. The van der Waals surface area contributed by atoms with Crippen LogP contribution in [0.2, 0.25) is 10.0 Å². The molecule has 28 heavy (non-hydrogen) atoms. The highest BCUT2D eigenvalue weighted by atomic mass is 35.5. The number of hydrogen-bond acceptors (Lipinski definition) is 4. The van der Waals surface area contributed by atoms with Crippen LogP contribution in [0.4, 0.5) is 5.69 Å². The van der Waals surface area contributed by atoms with Crippen molar-refractivity contribution in [3.63, 3.8) is 0 Å². The predicted molar refractivity (Wildman–Crippen MR) is 109 cm³/mol. The molecule has 2 aliphatic rings. The van der Waals surface area contributed by atoms with Crippen molar-refractivity contribution in [1.82, 2.24) is 10.2 Å². The quantitative estimate of drug-likeness (QED) is 0.756. The predicted octanol–water partition coefficient (Wildman–Crippen LogP) is 3.74. The van der Waals surface area contributed by atoms with Crippen LogP contribution < -0.4 is 10.6 Å². The number of carbonyl (C=O) groups excluding carboxylic acids is 2. The van der Waals surface area contributed by atoms with Crippen molar-refractivity contribution in [3.05, 3.63) is 28.2 Å². The number of likely N-dealkylation sites (tertiary alicyclic amines) is 1. The average Bonchev–Trinajstić information content (AvgIpc) is 3.14. The summed E-state index contributed by atoms with van der Waals surface area (Å²) in [5, 5.41) is 16.0. The van der Waals surface area contributed by atoms with Gasteiger partial charge in [-0.2, -0.15) is 5.26 Å². The number of carbonyl (C=O) groups is 2. The minimum atomic E-state index is -0.745. The van der Waals surface area contributed by atoms with Crippen LogP contribution in [0, 0.1) is 11.3 Å². The molecule has 0 bridgehead atoms. The Hall–Kier alpha value is -1.81. The Kier molecular flexibility index (Phi) is 6.82. The Balaban J connectivity index is 1.62. The lowest BCUT2D eigenvalue weighted by molar-refractivity contribution is -0.127. The van der Waals surface area contributed by atoms with Crippen LogP contribution in [0.25, 0.3) is 0 Å². The molecule has 0 radical (unpaired) electrons.